The Kier molecular flexibility index (Phi) is 5.43. The van der Waals surface area contributed by atoms with Crippen molar-refractivity contribution < 1.29 is 9.59 Å². The van der Waals surface area contributed by atoms with Gasteiger partial charge in [-0.15, -0.1) is 11.3 Å². The lowest BCUT2D eigenvalue weighted by Crippen LogP contribution is -2.32. The lowest BCUT2D eigenvalue weighted by molar-refractivity contribution is -0.136. The minimum Gasteiger partial charge on any atom is -0.317 e. The third-order valence-corrected chi connectivity index (χ3v) is 4.06. The topological polar surface area (TPSA) is 70.6 Å². The van der Waals surface area contributed by atoms with Gasteiger partial charge in [0, 0.05) is 10.6 Å². The van der Waals surface area contributed by atoms with Gasteiger partial charge < -0.3 is 5.32 Å². The number of carbonyl (C=O) groups excluding carboxylic acids is 2. The summed E-state index contributed by atoms with van der Waals surface area (Å²) in [7, 11) is 0. The highest BCUT2D eigenvalue weighted by Gasteiger charge is 2.14. The molecule has 2 aromatic rings. The van der Waals surface area contributed by atoms with E-state index < -0.39 is 11.8 Å². The maximum Gasteiger partial charge on any atom is 0.329 e. The molecule has 5 nitrogen and oxygen atoms in total. The van der Waals surface area contributed by atoms with Crippen molar-refractivity contribution >= 4 is 35.1 Å². The Labute approximate surface area is 133 Å². The van der Waals surface area contributed by atoms with Gasteiger partial charge in [-0.3, -0.25) is 9.59 Å². The van der Waals surface area contributed by atoms with E-state index in [0.717, 1.165) is 22.4 Å². The van der Waals surface area contributed by atoms with E-state index in [1.165, 1.54) is 17.6 Å². The van der Waals surface area contributed by atoms with E-state index in [9.17, 15) is 9.59 Å². The highest BCUT2D eigenvalue weighted by molar-refractivity contribution is 7.11. The number of carbonyl (C=O) groups is 2. The minimum absolute atomic E-state index is 0.642. The first-order valence-electron chi connectivity index (χ1n) is 6.88. The molecule has 0 saturated heterocycles. The molecule has 0 fully saturated rings. The van der Waals surface area contributed by atoms with Gasteiger partial charge in [-0.05, 0) is 42.0 Å². The summed E-state index contributed by atoms with van der Waals surface area (Å²) in [6, 6.07) is 9.34. The molecule has 0 aliphatic rings. The van der Waals surface area contributed by atoms with Crippen molar-refractivity contribution in [3.63, 3.8) is 0 Å². The molecule has 0 aliphatic carbocycles. The number of amides is 2. The molecule has 114 valence electrons. The van der Waals surface area contributed by atoms with Gasteiger partial charge in [-0.1, -0.05) is 25.1 Å². The summed E-state index contributed by atoms with van der Waals surface area (Å²) in [6.07, 6.45) is 2.30. The van der Waals surface area contributed by atoms with E-state index in [-0.39, 0.29) is 0 Å². The van der Waals surface area contributed by atoms with Gasteiger partial charge in [0.2, 0.25) is 0 Å². The van der Waals surface area contributed by atoms with Crippen molar-refractivity contribution in [2.75, 3.05) is 5.32 Å². The van der Waals surface area contributed by atoms with E-state index in [0.29, 0.717) is 5.69 Å². The van der Waals surface area contributed by atoms with Crippen molar-refractivity contribution in [1.82, 2.24) is 5.43 Å². The molecule has 0 spiro atoms. The van der Waals surface area contributed by atoms with Crippen LogP contribution < -0.4 is 10.7 Å². The SMILES string of the molecule is CCc1ccccc1NC(=O)C(=O)N/N=C/c1sccc1C. The molecule has 2 N–H and O–H groups in total. The molecule has 1 heterocycles. The largest absolute Gasteiger partial charge is 0.329 e. The van der Waals surface area contributed by atoms with E-state index in [1.54, 1.807) is 6.07 Å². The minimum atomic E-state index is -0.795. The van der Waals surface area contributed by atoms with Gasteiger partial charge in [0.25, 0.3) is 0 Å². The first kappa shape index (κ1) is 15.9. The van der Waals surface area contributed by atoms with E-state index in [2.05, 4.69) is 15.8 Å². The first-order valence-corrected chi connectivity index (χ1v) is 7.76. The highest BCUT2D eigenvalue weighted by Crippen LogP contribution is 2.15. The summed E-state index contributed by atoms with van der Waals surface area (Å²) in [6.45, 7) is 3.94. The predicted molar refractivity (Wildman–Crippen MR) is 89.2 cm³/mol. The van der Waals surface area contributed by atoms with Gasteiger partial charge in [0.1, 0.15) is 0 Å². The first-order chi connectivity index (χ1) is 10.6. The fourth-order valence-corrected chi connectivity index (χ4v) is 2.63. The lowest BCUT2D eigenvalue weighted by atomic mass is 10.1. The smallest absolute Gasteiger partial charge is 0.317 e. The molecule has 0 radical (unpaired) electrons. The molecule has 1 aromatic heterocycles. The molecule has 0 aliphatic heterocycles. The highest BCUT2D eigenvalue weighted by atomic mass is 32.1. The molecule has 0 saturated carbocycles. The Bertz CT molecular complexity index is 707. The number of rotatable bonds is 4. The third-order valence-electron chi connectivity index (χ3n) is 3.10. The van der Waals surface area contributed by atoms with Crippen LogP contribution in [0.4, 0.5) is 5.69 Å². The maximum absolute atomic E-state index is 11.8. The number of aryl methyl sites for hydroxylation is 2. The molecule has 1 aromatic carbocycles. The summed E-state index contributed by atoms with van der Waals surface area (Å²) in [4.78, 5) is 24.5. The van der Waals surface area contributed by atoms with Gasteiger partial charge in [0.15, 0.2) is 0 Å². The fourth-order valence-electron chi connectivity index (χ4n) is 1.85. The molecule has 22 heavy (non-hydrogen) atoms. The normalized spacial score (nSPS) is 10.6. The van der Waals surface area contributed by atoms with Crippen LogP contribution in [0.1, 0.15) is 22.9 Å². The molecular weight excluding hydrogens is 298 g/mol. The zero-order chi connectivity index (χ0) is 15.9. The van der Waals surface area contributed by atoms with Crippen LogP contribution in [0.25, 0.3) is 0 Å². The summed E-state index contributed by atoms with van der Waals surface area (Å²) < 4.78 is 0. The summed E-state index contributed by atoms with van der Waals surface area (Å²) in [5, 5.41) is 8.34. The monoisotopic (exact) mass is 315 g/mol. The standard InChI is InChI=1S/C16H17N3O2S/c1-3-12-6-4-5-7-13(12)18-15(20)16(21)19-17-10-14-11(2)8-9-22-14/h4-10H,3H2,1-2H3,(H,18,20)(H,19,21)/b17-10+. The molecule has 2 rings (SSSR count). The fraction of sp³-hybridized carbons (Fsp3) is 0.188. The van der Waals surface area contributed by atoms with Crippen molar-refractivity contribution in [1.29, 1.82) is 0 Å². The number of thiophene rings is 1. The van der Waals surface area contributed by atoms with Crippen LogP contribution >= 0.6 is 11.3 Å². The summed E-state index contributed by atoms with van der Waals surface area (Å²) >= 11 is 1.52. The van der Waals surface area contributed by atoms with Gasteiger partial charge in [-0.2, -0.15) is 5.10 Å². The van der Waals surface area contributed by atoms with Crippen molar-refractivity contribution in [2.24, 2.45) is 5.10 Å². The Morgan fingerprint density at radius 1 is 1.23 bits per heavy atom. The summed E-state index contributed by atoms with van der Waals surface area (Å²) in [5.74, 6) is -1.53. The average Bonchev–Trinajstić information content (AvgIpc) is 2.93. The average molecular weight is 315 g/mol. The molecule has 0 atom stereocenters. The van der Waals surface area contributed by atoms with Crippen LogP contribution in [0.3, 0.4) is 0 Å². The Morgan fingerprint density at radius 2 is 2.00 bits per heavy atom. The molecule has 2 amide bonds. The second-order valence-electron chi connectivity index (χ2n) is 4.63. The Hall–Kier alpha value is -2.47. The Balaban J connectivity index is 1.94. The number of nitrogens with one attached hydrogen (secondary N) is 2. The second kappa shape index (κ2) is 7.51. The number of para-hydroxylation sites is 1. The van der Waals surface area contributed by atoms with Crippen LogP contribution in [0.5, 0.6) is 0 Å². The predicted octanol–water partition coefficient (Wildman–Crippen LogP) is 2.71. The summed E-state index contributed by atoms with van der Waals surface area (Å²) in [5.41, 5.74) is 4.92. The van der Waals surface area contributed by atoms with E-state index >= 15 is 0 Å². The van der Waals surface area contributed by atoms with Crippen molar-refractivity contribution in [3.05, 3.63) is 51.7 Å². The third kappa shape index (κ3) is 4.02. The van der Waals surface area contributed by atoms with Crippen molar-refractivity contribution in [3.8, 4) is 0 Å². The van der Waals surface area contributed by atoms with Gasteiger partial charge >= 0.3 is 11.8 Å². The van der Waals surface area contributed by atoms with Crippen LogP contribution in [0.2, 0.25) is 0 Å². The number of hydrogen-bond donors (Lipinski definition) is 2. The van der Waals surface area contributed by atoms with Gasteiger partial charge in [0.05, 0.1) is 6.21 Å². The Morgan fingerprint density at radius 3 is 2.68 bits per heavy atom. The van der Waals surface area contributed by atoms with E-state index in [1.807, 2.05) is 43.5 Å². The van der Waals surface area contributed by atoms with Crippen LogP contribution in [-0.2, 0) is 16.0 Å². The van der Waals surface area contributed by atoms with Crippen LogP contribution in [0, 0.1) is 6.92 Å². The molecule has 0 unspecified atom stereocenters. The van der Waals surface area contributed by atoms with Gasteiger partial charge in [-0.25, -0.2) is 5.43 Å². The zero-order valence-corrected chi connectivity index (χ0v) is 13.2. The molecular formula is C16H17N3O2S. The second-order valence-corrected chi connectivity index (χ2v) is 5.58. The van der Waals surface area contributed by atoms with E-state index in [4.69, 9.17) is 0 Å². The number of anilines is 1. The molecule has 0 bridgehead atoms. The van der Waals surface area contributed by atoms with Crippen molar-refractivity contribution in [2.45, 2.75) is 20.3 Å². The number of nitrogens with zero attached hydrogens (tertiary/aromatic N) is 1. The van der Waals surface area contributed by atoms with Crippen LogP contribution in [-0.4, -0.2) is 18.0 Å². The quantitative estimate of drug-likeness (QED) is 0.517. The molecule has 6 heteroatoms. The zero-order valence-electron chi connectivity index (χ0n) is 12.4. The lowest BCUT2D eigenvalue weighted by Gasteiger charge is -2.08. The maximum atomic E-state index is 11.8. The number of benzene rings is 1. The number of hydrogen-bond acceptors (Lipinski definition) is 4. The number of hydrazone groups is 1. The van der Waals surface area contributed by atoms with Crippen LogP contribution in [0.15, 0.2) is 40.8 Å².